The van der Waals surface area contributed by atoms with E-state index in [-0.39, 0.29) is 24.0 Å². The highest BCUT2D eigenvalue weighted by Crippen LogP contribution is 2.26. The maximum atomic E-state index is 13.8. The molecule has 0 saturated heterocycles. The number of hydrogen-bond donors (Lipinski definition) is 2. The van der Waals surface area contributed by atoms with Crippen molar-refractivity contribution in [3.8, 4) is 0 Å². The molecule has 1 aliphatic rings. The first-order valence-corrected chi connectivity index (χ1v) is 8.43. The van der Waals surface area contributed by atoms with E-state index in [4.69, 9.17) is 17.3 Å². The lowest BCUT2D eigenvalue weighted by atomic mass is 9.83. The number of hydrogen-bond acceptors (Lipinski definition) is 3. The van der Waals surface area contributed by atoms with E-state index in [2.05, 4.69) is 4.72 Å². The molecule has 0 unspecified atom stereocenters. The van der Waals surface area contributed by atoms with Crippen LogP contribution in [0.3, 0.4) is 0 Å². The van der Waals surface area contributed by atoms with Crippen LogP contribution in [0.1, 0.15) is 32.1 Å². The molecule has 21 heavy (non-hydrogen) atoms. The zero-order valence-corrected chi connectivity index (χ0v) is 13.8. The van der Waals surface area contributed by atoms with Gasteiger partial charge in [-0.25, -0.2) is 17.5 Å². The van der Waals surface area contributed by atoms with Crippen LogP contribution in [0.25, 0.3) is 0 Å². The Balaban J connectivity index is 0.00000220. The zero-order chi connectivity index (χ0) is 14.8. The van der Waals surface area contributed by atoms with Crippen molar-refractivity contribution in [1.29, 1.82) is 0 Å². The predicted molar refractivity (Wildman–Crippen MR) is 83.8 cm³/mol. The second-order valence-electron chi connectivity index (χ2n) is 5.30. The highest BCUT2D eigenvalue weighted by Gasteiger charge is 2.30. The lowest BCUT2D eigenvalue weighted by molar-refractivity contribution is 0.296. The van der Waals surface area contributed by atoms with Gasteiger partial charge in [0.05, 0.1) is 5.02 Å². The summed E-state index contributed by atoms with van der Waals surface area (Å²) in [5.41, 5.74) is 5.62. The van der Waals surface area contributed by atoms with Gasteiger partial charge in [-0.3, -0.25) is 0 Å². The smallest absolute Gasteiger partial charge is 0.243 e. The fourth-order valence-corrected chi connectivity index (χ4v) is 3.91. The normalized spacial score (nSPS) is 18.0. The predicted octanol–water partition coefficient (Wildman–Crippen LogP) is 2.84. The second kappa shape index (κ2) is 7.24. The summed E-state index contributed by atoms with van der Waals surface area (Å²) in [6.45, 7) is 0.112. The standard InChI is InChI=1S/C13H18ClFN2O2S.ClH/c14-10-5-4-6-11(12(10)15)20(18,19)17-9-13(16)7-2-1-3-8-13;/h4-6,17H,1-3,7-9,16H2;1H. The van der Waals surface area contributed by atoms with Crippen molar-refractivity contribution in [3.63, 3.8) is 0 Å². The van der Waals surface area contributed by atoms with Crippen molar-refractivity contribution in [2.75, 3.05) is 6.54 Å². The average Bonchev–Trinajstić information content (AvgIpc) is 2.41. The maximum Gasteiger partial charge on any atom is 0.243 e. The van der Waals surface area contributed by atoms with Gasteiger partial charge in [-0.2, -0.15) is 0 Å². The van der Waals surface area contributed by atoms with E-state index in [1.807, 2.05) is 0 Å². The molecule has 120 valence electrons. The van der Waals surface area contributed by atoms with Crippen LogP contribution in [0.4, 0.5) is 4.39 Å². The van der Waals surface area contributed by atoms with Crippen LogP contribution in [0.15, 0.2) is 23.1 Å². The number of nitrogens with two attached hydrogens (primary N) is 1. The molecule has 0 atom stereocenters. The highest BCUT2D eigenvalue weighted by atomic mass is 35.5. The van der Waals surface area contributed by atoms with Gasteiger partial charge in [-0.1, -0.05) is 36.9 Å². The zero-order valence-electron chi connectivity index (χ0n) is 11.4. The first kappa shape index (κ1) is 18.6. The molecule has 4 nitrogen and oxygen atoms in total. The minimum Gasteiger partial charge on any atom is -0.324 e. The van der Waals surface area contributed by atoms with Crippen molar-refractivity contribution in [1.82, 2.24) is 4.72 Å². The highest BCUT2D eigenvalue weighted by molar-refractivity contribution is 7.89. The van der Waals surface area contributed by atoms with Gasteiger partial charge in [0.1, 0.15) is 4.90 Å². The first-order valence-electron chi connectivity index (χ1n) is 6.57. The SMILES string of the molecule is Cl.NC1(CNS(=O)(=O)c2cccc(Cl)c2F)CCCCC1. The van der Waals surface area contributed by atoms with Gasteiger partial charge in [-0.05, 0) is 25.0 Å². The summed E-state index contributed by atoms with van der Waals surface area (Å²) in [4.78, 5) is -0.440. The number of rotatable bonds is 4. The van der Waals surface area contributed by atoms with Gasteiger partial charge >= 0.3 is 0 Å². The van der Waals surface area contributed by atoms with E-state index < -0.39 is 26.3 Å². The molecule has 0 spiro atoms. The Labute approximate surface area is 135 Å². The van der Waals surface area contributed by atoms with Crippen LogP contribution in [-0.4, -0.2) is 20.5 Å². The van der Waals surface area contributed by atoms with E-state index >= 15 is 0 Å². The number of sulfonamides is 1. The van der Waals surface area contributed by atoms with Crippen LogP contribution in [0.2, 0.25) is 5.02 Å². The van der Waals surface area contributed by atoms with Crippen molar-refractivity contribution >= 4 is 34.0 Å². The van der Waals surface area contributed by atoms with E-state index in [1.54, 1.807) is 0 Å². The topological polar surface area (TPSA) is 72.2 Å². The van der Waals surface area contributed by atoms with E-state index in [1.165, 1.54) is 18.2 Å². The molecule has 1 fully saturated rings. The lowest BCUT2D eigenvalue weighted by Gasteiger charge is -2.33. The quantitative estimate of drug-likeness (QED) is 0.870. The molecule has 3 N–H and O–H groups in total. The van der Waals surface area contributed by atoms with Gasteiger partial charge in [0.15, 0.2) is 5.82 Å². The van der Waals surface area contributed by atoms with Crippen molar-refractivity contribution in [2.45, 2.75) is 42.5 Å². The van der Waals surface area contributed by atoms with E-state index in [9.17, 15) is 12.8 Å². The fraction of sp³-hybridized carbons (Fsp3) is 0.538. The van der Waals surface area contributed by atoms with Crippen LogP contribution in [-0.2, 0) is 10.0 Å². The molecule has 1 aliphatic carbocycles. The molecule has 0 amide bonds. The molecule has 0 aromatic heterocycles. The monoisotopic (exact) mass is 356 g/mol. The molecule has 0 aliphatic heterocycles. The average molecular weight is 357 g/mol. The van der Waals surface area contributed by atoms with Crippen LogP contribution in [0, 0.1) is 5.82 Å². The molecule has 8 heteroatoms. The van der Waals surface area contributed by atoms with Crippen molar-refractivity contribution in [3.05, 3.63) is 29.0 Å². The molecule has 2 rings (SSSR count). The third kappa shape index (κ3) is 4.53. The number of halogens is 3. The Hall–Kier alpha value is -0.400. The van der Waals surface area contributed by atoms with E-state index in [0.29, 0.717) is 0 Å². The number of nitrogens with one attached hydrogen (secondary N) is 1. The minimum atomic E-state index is -3.94. The Morgan fingerprint density at radius 2 is 1.90 bits per heavy atom. The van der Waals surface area contributed by atoms with Gasteiger partial charge < -0.3 is 5.73 Å². The molecule has 1 aromatic rings. The van der Waals surface area contributed by atoms with Gasteiger partial charge in [-0.15, -0.1) is 12.4 Å². The molecule has 0 bridgehead atoms. The van der Waals surface area contributed by atoms with Crippen LogP contribution < -0.4 is 10.5 Å². The lowest BCUT2D eigenvalue weighted by Crippen LogP contribution is -2.51. The summed E-state index contributed by atoms with van der Waals surface area (Å²) in [6.07, 6.45) is 4.64. The Kier molecular flexibility index (Phi) is 6.43. The van der Waals surface area contributed by atoms with Crippen LogP contribution in [0.5, 0.6) is 0 Å². The second-order valence-corrected chi connectivity index (χ2v) is 7.44. The van der Waals surface area contributed by atoms with Gasteiger partial charge in [0, 0.05) is 12.1 Å². The number of benzene rings is 1. The summed E-state index contributed by atoms with van der Waals surface area (Å²) < 4.78 is 40.4. The summed E-state index contributed by atoms with van der Waals surface area (Å²) in [6, 6.07) is 3.90. The fourth-order valence-electron chi connectivity index (χ4n) is 2.44. The van der Waals surface area contributed by atoms with E-state index in [0.717, 1.165) is 32.1 Å². The molecule has 0 radical (unpaired) electrons. The maximum absolute atomic E-state index is 13.8. The van der Waals surface area contributed by atoms with Crippen molar-refractivity contribution < 1.29 is 12.8 Å². The van der Waals surface area contributed by atoms with Crippen molar-refractivity contribution in [2.24, 2.45) is 5.73 Å². The third-order valence-corrected chi connectivity index (χ3v) is 5.38. The van der Waals surface area contributed by atoms with Crippen LogP contribution >= 0.6 is 24.0 Å². The molecular weight excluding hydrogens is 338 g/mol. The first-order chi connectivity index (χ1) is 9.34. The molecule has 1 aromatic carbocycles. The Bertz CT molecular complexity index is 590. The molecule has 0 heterocycles. The third-order valence-electron chi connectivity index (χ3n) is 3.67. The molecular formula is C13H19Cl2FN2O2S. The Morgan fingerprint density at radius 3 is 2.52 bits per heavy atom. The summed E-state index contributed by atoms with van der Waals surface area (Å²) in [5, 5.41) is -0.215. The van der Waals surface area contributed by atoms with Gasteiger partial charge in [0.2, 0.25) is 10.0 Å². The minimum absolute atomic E-state index is 0. The largest absolute Gasteiger partial charge is 0.324 e. The Morgan fingerprint density at radius 1 is 1.29 bits per heavy atom. The van der Waals surface area contributed by atoms with Gasteiger partial charge in [0.25, 0.3) is 0 Å². The summed E-state index contributed by atoms with van der Waals surface area (Å²) in [7, 11) is -3.94. The summed E-state index contributed by atoms with van der Waals surface area (Å²) >= 11 is 5.60. The summed E-state index contributed by atoms with van der Waals surface area (Å²) in [5.74, 6) is -0.934. The molecule has 1 saturated carbocycles.